The van der Waals surface area contributed by atoms with Gasteiger partial charge in [0, 0.05) is 6.20 Å². The Hall–Kier alpha value is -1.40. The molecule has 0 aromatic carbocycles. The number of hydrogen-bond donors (Lipinski definition) is 0. The number of rotatable bonds is 3. The van der Waals surface area contributed by atoms with E-state index in [1.54, 1.807) is 25.3 Å². The standard InChI is InChI=1S/C14H20BNO4/c1-6-18-12(17)10-7-8-16-11(9-10)15-19-13(2,3)14(4,5)20-15/h7-9H,6H2,1-5H3. The molecule has 0 atom stereocenters. The Morgan fingerprint density at radius 2 is 1.90 bits per heavy atom. The minimum absolute atomic E-state index is 0.340. The first-order valence-electron chi connectivity index (χ1n) is 6.75. The normalized spacial score (nSPS) is 19.9. The van der Waals surface area contributed by atoms with Gasteiger partial charge in [-0.25, -0.2) is 4.79 Å². The average Bonchev–Trinajstić information content (AvgIpc) is 2.59. The van der Waals surface area contributed by atoms with Crippen LogP contribution >= 0.6 is 0 Å². The molecular formula is C14H20BNO4. The van der Waals surface area contributed by atoms with Crippen molar-refractivity contribution in [2.45, 2.75) is 45.8 Å². The molecule has 1 aromatic heterocycles. The maximum atomic E-state index is 11.7. The zero-order valence-corrected chi connectivity index (χ0v) is 12.6. The van der Waals surface area contributed by atoms with E-state index >= 15 is 0 Å². The predicted octanol–water partition coefficient (Wildman–Crippen LogP) is 1.56. The van der Waals surface area contributed by atoms with Gasteiger partial charge in [-0.2, -0.15) is 0 Å². The molecule has 0 aliphatic carbocycles. The average molecular weight is 277 g/mol. The van der Waals surface area contributed by atoms with E-state index in [0.717, 1.165) is 0 Å². The number of ether oxygens (including phenoxy) is 1. The van der Waals surface area contributed by atoms with Crippen molar-refractivity contribution >= 4 is 18.7 Å². The van der Waals surface area contributed by atoms with Gasteiger partial charge in [-0.15, -0.1) is 0 Å². The number of carbonyl (C=O) groups excluding carboxylic acids is 1. The molecule has 1 aliphatic rings. The first-order valence-corrected chi connectivity index (χ1v) is 6.75. The van der Waals surface area contributed by atoms with Gasteiger partial charge in [-0.05, 0) is 46.8 Å². The van der Waals surface area contributed by atoms with E-state index in [1.807, 2.05) is 27.7 Å². The summed E-state index contributed by atoms with van der Waals surface area (Å²) in [6.07, 6.45) is 1.56. The lowest BCUT2D eigenvalue weighted by atomic mass is 9.83. The summed E-state index contributed by atoms with van der Waals surface area (Å²) in [4.78, 5) is 16.0. The Balaban J connectivity index is 2.23. The first-order chi connectivity index (χ1) is 9.27. The van der Waals surface area contributed by atoms with Crippen LogP contribution in [-0.4, -0.2) is 35.9 Å². The zero-order chi connectivity index (χ0) is 15.0. The summed E-state index contributed by atoms with van der Waals surface area (Å²) in [7, 11) is -0.575. The number of esters is 1. The molecule has 0 radical (unpaired) electrons. The highest BCUT2D eigenvalue weighted by atomic mass is 16.7. The fourth-order valence-corrected chi connectivity index (χ4v) is 1.88. The van der Waals surface area contributed by atoms with Gasteiger partial charge in [0.2, 0.25) is 0 Å². The molecule has 0 unspecified atom stereocenters. The third-order valence-corrected chi connectivity index (χ3v) is 3.79. The van der Waals surface area contributed by atoms with Crippen LogP contribution in [0.15, 0.2) is 18.3 Å². The molecule has 1 fully saturated rings. The Kier molecular flexibility index (Phi) is 3.89. The third kappa shape index (κ3) is 2.71. The van der Waals surface area contributed by atoms with Gasteiger partial charge >= 0.3 is 13.1 Å². The number of hydrogen-bond acceptors (Lipinski definition) is 5. The maximum absolute atomic E-state index is 11.7. The predicted molar refractivity (Wildman–Crippen MR) is 75.9 cm³/mol. The maximum Gasteiger partial charge on any atom is 0.514 e. The highest BCUT2D eigenvalue weighted by Gasteiger charge is 2.52. The Morgan fingerprint density at radius 3 is 2.45 bits per heavy atom. The van der Waals surface area contributed by atoms with E-state index in [0.29, 0.717) is 17.8 Å². The van der Waals surface area contributed by atoms with Gasteiger partial charge in [0.15, 0.2) is 0 Å². The summed E-state index contributed by atoms with van der Waals surface area (Å²) in [5.74, 6) is -0.368. The molecule has 108 valence electrons. The smallest absolute Gasteiger partial charge is 0.462 e. The molecule has 0 N–H and O–H groups in total. The van der Waals surface area contributed by atoms with E-state index in [2.05, 4.69) is 4.98 Å². The lowest BCUT2D eigenvalue weighted by Crippen LogP contribution is -2.41. The van der Waals surface area contributed by atoms with Crippen LogP contribution in [0.1, 0.15) is 45.0 Å². The third-order valence-electron chi connectivity index (χ3n) is 3.79. The van der Waals surface area contributed by atoms with E-state index in [1.165, 1.54) is 0 Å². The summed E-state index contributed by atoms with van der Waals surface area (Å²) in [5.41, 5.74) is 0.166. The van der Waals surface area contributed by atoms with E-state index in [4.69, 9.17) is 14.0 Å². The van der Waals surface area contributed by atoms with Crippen molar-refractivity contribution in [2.24, 2.45) is 0 Å². The summed E-state index contributed by atoms with van der Waals surface area (Å²) in [5, 5.41) is 0. The van der Waals surface area contributed by atoms with Gasteiger partial charge in [-0.3, -0.25) is 4.98 Å². The molecule has 20 heavy (non-hydrogen) atoms. The number of carbonyl (C=O) groups is 1. The van der Waals surface area contributed by atoms with Crippen molar-refractivity contribution in [3.63, 3.8) is 0 Å². The molecule has 2 heterocycles. The fraction of sp³-hybridized carbons (Fsp3) is 0.571. The van der Waals surface area contributed by atoms with Crippen LogP contribution in [0.2, 0.25) is 0 Å². The second-order valence-corrected chi connectivity index (χ2v) is 5.78. The number of aromatic nitrogens is 1. The summed E-state index contributed by atoms with van der Waals surface area (Å²) >= 11 is 0. The first kappa shape index (κ1) is 15.0. The second-order valence-electron chi connectivity index (χ2n) is 5.78. The molecule has 6 heteroatoms. The summed E-state index contributed by atoms with van der Waals surface area (Å²) in [6.45, 7) is 10.0. The Morgan fingerprint density at radius 1 is 1.30 bits per heavy atom. The van der Waals surface area contributed by atoms with Crippen LogP contribution in [0.5, 0.6) is 0 Å². The van der Waals surface area contributed by atoms with Gasteiger partial charge in [0.1, 0.15) is 0 Å². The topological polar surface area (TPSA) is 57.7 Å². The highest BCUT2D eigenvalue weighted by molar-refractivity contribution is 6.61. The fourth-order valence-electron chi connectivity index (χ4n) is 1.88. The SMILES string of the molecule is CCOC(=O)c1ccnc(B2OC(C)(C)C(C)(C)O2)c1. The quantitative estimate of drug-likeness (QED) is 0.620. The summed E-state index contributed by atoms with van der Waals surface area (Å²) < 4.78 is 16.8. The molecule has 1 aliphatic heterocycles. The number of nitrogens with zero attached hydrogens (tertiary/aromatic N) is 1. The van der Waals surface area contributed by atoms with Crippen LogP contribution < -0.4 is 5.59 Å². The Labute approximate surface area is 119 Å². The molecule has 5 nitrogen and oxygen atoms in total. The van der Waals surface area contributed by atoms with Gasteiger partial charge in [0.25, 0.3) is 0 Å². The summed E-state index contributed by atoms with van der Waals surface area (Å²) in [6, 6.07) is 3.27. The van der Waals surface area contributed by atoms with Crippen molar-refractivity contribution in [3.8, 4) is 0 Å². The van der Waals surface area contributed by atoms with Gasteiger partial charge in [0.05, 0.1) is 29.0 Å². The van der Waals surface area contributed by atoms with Crippen LogP contribution in [0.4, 0.5) is 0 Å². The zero-order valence-electron chi connectivity index (χ0n) is 12.6. The van der Waals surface area contributed by atoms with Crippen molar-refractivity contribution in [1.82, 2.24) is 4.98 Å². The van der Waals surface area contributed by atoms with Crippen LogP contribution in [0, 0.1) is 0 Å². The van der Waals surface area contributed by atoms with E-state index in [9.17, 15) is 4.79 Å². The second kappa shape index (κ2) is 5.18. The molecular weight excluding hydrogens is 257 g/mol. The van der Waals surface area contributed by atoms with E-state index < -0.39 is 18.3 Å². The van der Waals surface area contributed by atoms with Crippen LogP contribution in [0.25, 0.3) is 0 Å². The molecule has 0 amide bonds. The van der Waals surface area contributed by atoms with E-state index in [-0.39, 0.29) is 5.97 Å². The van der Waals surface area contributed by atoms with Gasteiger partial charge in [-0.1, -0.05) is 0 Å². The van der Waals surface area contributed by atoms with Crippen molar-refractivity contribution in [2.75, 3.05) is 6.61 Å². The molecule has 1 aromatic rings. The minimum atomic E-state index is -0.575. The van der Waals surface area contributed by atoms with Crippen molar-refractivity contribution in [1.29, 1.82) is 0 Å². The molecule has 0 saturated carbocycles. The van der Waals surface area contributed by atoms with Crippen molar-refractivity contribution < 1.29 is 18.8 Å². The minimum Gasteiger partial charge on any atom is -0.462 e. The lowest BCUT2D eigenvalue weighted by molar-refractivity contribution is 0.00578. The van der Waals surface area contributed by atoms with Crippen LogP contribution in [-0.2, 0) is 14.0 Å². The Bertz CT molecular complexity index is 500. The monoisotopic (exact) mass is 277 g/mol. The van der Waals surface area contributed by atoms with Crippen LogP contribution in [0.3, 0.4) is 0 Å². The van der Waals surface area contributed by atoms with Crippen molar-refractivity contribution in [3.05, 3.63) is 23.9 Å². The lowest BCUT2D eigenvalue weighted by Gasteiger charge is -2.32. The highest BCUT2D eigenvalue weighted by Crippen LogP contribution is 2.36. The molecule has 1 saturated heterocycles. The molecule has 0 bridgehead atoms. The molecule has 2 rings (SSSR count). The van der Waals surface area contributed by atoms with Gasteiger partial charge < -0.3 is 14.0 Å². The number of pyridine rings is 1. The molecule has 0 spiro atoms. The largest absolute Gasteiger partial charge is 0.514 e.